The zero-order valence-corrected chi connectivity index (χ0v) is 11.9. The maximum atomic E-state index is 11.9. The van der Waals surface area contributed by atoms with Gasteiger partial charge in [0, 0.05) is 17.7 Å². The second kappa shape index (κ2) is 6.19. The van der Waals surface area contributed by atoms with Crippen LogP contribution in [0.25, 0.3) is 0 Å². The summed E-state index contributed by atoms with van der Waals surface area (Å²) >= 11 is 1.59. The predicted molar refractivity (Wildman–Crippen MR) is 77.9 cm³/mol. The minimum Gasteiger partial charge on any atom is -0.376 e. The number of nitrogens with one attached hydrogen (secondary N) is 1. The van der Waals surface area contributed by atoms with Crippen LogP contribution in [0.15, 0.2) is 29.9 Å². The van der Waals surface area contributed by atoms with Gasteiger partial charge in [-0.25, -0.2) is 0 Å². The standard InChI is InChI=1S/C14H17N3O2S/c18-14(7-13-4-2-6-20-13)16-11-8-15-17(9-11)10-12-3-1-5-19-12/h2,4,6,8-9,12H,1,3,5,7,10H2,(H,16,18)/t12-/m1/s1. The summed E-state index contributed by atoms with van der Waals surface area (Å²) in [5, 5.41) is 9.10. The van der Waals surface area contributed by atoms with Gasteiger partial charge in [0.2, 0.25) is 5.91 Å². The van der Waals surface area contributed by atoms with Crippen LogP contribution in [-0.4, -0.2) is 28.4 Å². The van der Waals surface area contributed by atoms with Gasteiger partial charge < -0.3 is 10.1 Å². The SMILES string of the molecule is O=C(Cc1cccs1)Nc1cnn(C[C@H]2CCCO2)c1. The van der Waals surface area contributed by atoms with E-state index in [1.807, 2.05) is 28.4 Å². The number of carbonyl (C=O) groups is 1. The number of nitrogens with zero attached hydrogens (tertiary/aromatic N) is 2. The monoisotopic (exact) mass is 291 g/mol. The molecule has 1 aliphatic heterocycles. The van der Waals surface area contributed by atoms with E-state index in [2.05, 4.69) is 10.4 Å². The first-order chi connectivity index (χ1) is 9.79. The summed E-state index contributed by atoms with van der Waals surface area (Å²) in [6.45, 7) is 1.59. The molecule has 0 aromatic carbocycles. The smallest absolute Gasteiger partial charge is 0.229 e. The molecule has 106 valence electrons. The number of hydrogen-bond acceptors (Lipinski definition) is 4. The lowest BCUT2D eigenvalue weighted by atomic mass is 10.2. The van der Waals surface area contributed by atoms with Crippen molar-refractivity contribution in [1.82, 2.24) is 9.78 Å². The van der Waals surface area contributed by atoms with Crippen LogP contribution in [0.1, 0.15) is 17.7 Å². The van der Waals surface area contributed by atoms with Crippen molar-refractivity contribution in [3.05, 3.63) is 34.8 Å². The van der Waals surface area contributed by atoms with Crippen LogP contribution in [0.4, 0.5) is 5.69 Å². The van der Waals surface area contributed by atoms with E-state index in [9.17, 15) is 4.79 Å². The van der Waals surface area contributed by atoms with Crippen molar-refractivity contribution in [3.63, 3.8) is 0 Å². The molecule has 2 aromatic rings. The molecule has 1 saturated heterocycles. The average molecular weight is 291 g/mol. The lowest BCUT2D eigenvalue weighted by Gasteiger charge is -2.08. The summed E-state index contributed by atoms with van der Waals surface area (Å²) in [4.78, 5) is 12.9. The fourth-order valence-electron chi connectivity index (χ4n) is 2.30. The van der Waals surface area contributed by atoms with E-state index < -0.39 is 0 Å². The first-order valence-corrected chi connectivity index (χ1v) is 7.64. The van der Waals surface area contributed by atoms with Gasteiger partial charge in [0.1, 0.15) is 0 Å². The normalized spacial score (nSPS) is 18.3. The number of amides is 1. The van der Waals surface area contributed by atoms with Crippen molar-refractivity contribution in [1.29, 1.82) is 0 Å². The molecule has 3 rings (SSSR count). The molecule has 2 aromatic heterocycles. The van der Waals surface area contributed by atoms with Crippen molar-refractivity contribution < 1.29 is 9.53 Å². The summed E-state index contributed by atoms with van der Waals surface area (Å²) in [5.74, 6) is -0.0101. The highest BCUT2D eigenvalue weighted by Crippen LogP contribution is 2.15. The maximum absolute atomic E-state index is 11.9. The zero-order chi connectivity index (χ0) is 13.8. The fraction of sp³-hybridized carbons (Fsp3) is 0.429. The summed E-state index contributed by atoms with van der Waals surface area (Å²) in [5.41, 5.74) is 0.740. The number of ether oxygens (including phenoxy) is 1. The summed E-state index contributed by atoms with van der Waals surface area (Å²) < 4.78 is 7.40. The largest absolute Gasteiger partial charge is 0.376 e. The summed E-state index contributed by atoms with van der Waals surface area (Å²) in [6, 6.07) is 3.91. The molecule has 0 bridgehead atoms. The Morgan fingerprint density at radius 2 is 2.55 bits per heavy atom. The van der Waals surface area contributed by atoms with Crippen molar-refractivity contribution in [2.75, 3.05) is 11.9 Å². The Labute approximate surface area is 121 Å². The van der Waals surface area contributed by atoms with E-state index in [1.165, 1.54) is 0 Å². The van der Waals surface area contributed by atoms with Gasteiger partial charge in [-0.05, 0) is 24.3 Å². The molecule has 0 unspecified atom stereocenters. The molecule has 0 radical (unpaired) electrons. The second-order valence-corrected chi connectivity index (χ2v) is 5.92. The Morgan fingerprint density at radius 1 is 1.60 bits per heavy atom. The number of rotatable bonds is 5. The molecule has 0 aliphatic carbocycles. The van der Waals surface area contributed by atoms with Crippen LogP contribution in [0.5, 0.6) is 0 Å². The van der Waals surface area contributed by atoms with E-state index >= 15 is 0 Å². The first-order valence-electron chi connectivity index (χ1n) is 6.76. The molecule has 1 amide bonds. The molecule has 6 heteroatoms. The highest BCUT2D eigenvalue weighted by molar-refractivity contribution is 7.10. The Kier molecular flexibility index (Phi) is 4.13. The van der Waals surface area contributed by atoms with Gasteiger partial charge in [0.05, 0.1) is 31.0 Å². The summed E-state index contributed by atoms with van der Waals surface area (Å²) in [6.07, 6.45) is 6.41. The van der Waals surface area contributed by atoms with Crippen LogP contribution in [0.2, 0.25) is 0 Å². The lowest BCUT2D eigenvalue weighted by Crippen LogP contribution is -2.15. The molecule has 1 N–H and O–H groups in total. The average Bonchev–Trinajstić information content (AvgIpc) is 3.12. The summed E-state index contributed by atoms with van der Waals surface area (Å²) in [7, 11) is 0. The molecule has 1 fully saturated rings. The van der Waals surface area contributed by atoms with E-state index in [1.54, 1.807) is 17.5 Å². The van der Waals surface area contributed by atoms with Crippen LogP contribution < -0.4 is 5.32 Å². The van der Waals surface area contributed by atoms with Crippen LogP contribution in [-0.2, 0) is 22.5 Å². The van der Waals surface area contributed by atoms with Gasteiger partial charge in [-0.3, -0.25) is 9.48 Å². The van der Waals surface area contributed by atoms with E-state index in [-0.39, 0.29) is 12.0 Å². The Morgan fingerprint density at radius 3 is 3.30 bits per heavy atom. The molecule has 0 spiro atoms. The quantitative estimate of drug-likeness (QED) is 0.919. The second-order valence-electron chi connectivity index (χ2n) is 4.89. The number of thiophene rings is 1. The highest BCUT2D eigenvalue weighted by Gasteiger charge is 2.16. The number of hydrogen-bond donors (Lipinski definition) is 1. The number of aromatic nitrogens is 2. The minimum atomic E-state index is -0.0101. The minimum absolute atomic E-state index is 0.0101. The third-order valence-electron chi connectivity index (χ3n) is 3.25. The van der Waals surface area contributed by atoms with E-state index in [0.717, 1.165) is 36.6 Å². The number of carbonyl (C=O) groups excluding carboxylic acids is 1. The van der Waals surface area contributed by atoms with Crippen molar-refractivity contribution in [2.24, 2.45) is 0 Å². The third-order valence-corrected chi connectivity index (χ3v) is 4.12. The van der Waals surface area contributed by atoms with Crippen molar-refractivity contribution in [2.45, 2.75) is 31.9 Å². The fourth-order valence-corrected chi connectivity index (χ4v) is 3.01. The van der Waals surface area contributed by atoms with Gasteiger partial charge in [0.15, 0.2) is 0 Å². The topological polar surface area (TPSA) is 56.2 Å². The maximum Gasteiger partial charge on any atom is 0.229 e. The van der Waals surface area contributed by atoms with Crippen LogP contribution in [0.3, 0.4) is 0 Å². The molecule has 3 heterocycles. The molecular formula is C14H17N3O2S. The van der Waals surface area contributed by atoms with E-state index in [0.29, 0.717) is 6.42 Å². The zero-order valence-electron chi connectivity index (χ0n) is 11.1. The molecule has 1 atom stereocenters. The van der Waals surface area contributed by atoms with Crippen LogP contribution in [0, 0.1) is 0 Å². The predicted octanol–water partition coefficient (Wildman–Crippen LogP) is 2.30. The third kappa shape index (κ3) is 3.46. The van der Waals surface area contributed by atoms with Crippen molar-refractivity contribution >= 4 is 22.9 Å². The van der Waals surface area contributed by atoms with Crippen molar-refractivity contribution in [3.8, 4) is 0 Å². The molecular weight excluding hydrogens is 274 g/mol. The lowest BCUT2D eigenvalue weighted by molar-refractivity contribution is -0.115. The first kappa shape index (κ1) is 13.3. The Hall–Kier alpha value is -1.66. The molecule has 20 heavy (non-hydrogen) atoms. The van der Waals surface area contributed by atoms with Gasteiger partial charge in [0.25, 0.3) is 0 Å². The van der Waals surface area contributed by atoms with Gasteiger partial charge in [-0.15, -0.1) is 11.3 Å². The Bertz CT molecular complexity index is 559. The Balaban J connectivity index is 1.52. The molecule has 1 aliphatic rings. The molecule has 0 saturated carbocycles. The van der Waals surface area contributed by atoms with E-state index in [4.69, 9.17) is 4.74 Å². The van der Waals surface area contributed by atoms with Gasteiger partial charge >= 0.3 is 0 Å². The van der Waals surface area contributed by atoms with Gasteiger partial charge in [-0.2, -0.15) is 5.10 Å². The molecule has 5 nitrogen and oxygen atoms in total. The highest BCUT2D eigenvalue weighted by atomic mass is 32.1. The van der Waals surface area contributed by atoms with Gasteiger partial charge in [-0.1, -0.05) is 6.07 Å². The van der Waals surface area contributed by atoms with Crippen LogP contribution >= 0.6 is 11.3 Å². The number of anilines is 1.